The van der Waals surface area contributed by atoms with Gasteiger partial charge in [0.1, 0.15) is 0 Å². The minimum Gasteiger partial charge on any atom is -0.375 e. The van der Waals surface area contributed by atoms with E-state index in [0.717, 1.165) is 18.7 Å². The summed E-state index contributed by atoms with van der Waals surface area (Å²) in [4.78, 5) is 2.12. The zero-order valence-corrected chi connectivity index (χ0v) is 8.72. The van der Waals surface area contributed by atoms with Gasteiger partial charge in [0.05, 0.1) is 5.82 Å². The normalized spacial score (nSPS) is 15.9. The van der Waals surface area contributed by atoms with E-state index in [0.29, 0.717) is 0 Å². The predicted molar refractivity (Wildman–Crippen MR) is 57.0 cm³/mol. The molecule has 0 aromatic rings. The summed E-state index contributed by atoms with van der Waals surface area (Å²) >= 11 is 0. The summed E-state index contributed by atoms with van der Waals surface area (Å²) in [5.41, 5.74) is 2.70. The fourth-order valence-corrected chi connectivity index (χ4v) is 1.54. The van der Waals surface area contributed by atoms with E-state index >= 15 is 0 Å². The van der Waals surface area contributed by atoms with Crippen LogP contribution in [0, 0.1) is 0 Å². The summed E-state index contributed by atoms with van der Waals surface area (Å²) in [5, 5.41) is 3.06. The molecule has 0 radical (unpaired) electrons. The maximum absolute atomic E-state index is 3.94. The Bertz CT molecular complexity index is 261. The lowest BCUT2D eigenvalue weighted by Crippen LogP contribution is -2.26. The lowest BCUT2D eigenvalue weighted by atomic mass is 10.0. The smallest absolute Gasteiger partial charge is 0.0976 e. The number of rotatable bonds is 3. The van der Waals surface area contributed by atoms with Crippen molar-refractivity contribution in [2.24, 2.45) is 0 Å². The molecule has 0 amide bonds. The Balaban J connectivity index is 2.81. The monoisotopic (exact) mass is 178 g/mol. The average molecular weight is 178 g/mol. The zero-order chi connectivity index (χ0) is 9.84. The van der Waals surface area contributed by atoms with Gasteiger partial charge in [-0.2, -0.15) is 0 Å². The summed E-state index contributed by atoms with van der Waals surface area (Å²) in [6.45, 7) is 6.08. The van der Waals surface area contributed by atoms with E-state index in [4.69, 9.17) is 0 Å². The maximum atomic E-state index is 3.94. The molecule has 0 bridgehead atoms. The molecule has 0 saturated carbocycles. The van der Waals surface area contributed by atoms with Crippen LogP contribution in [0.25, 0.3) is 0 Å². The standard InChI is InChI=1S/C11H18N2/c1-9-7-5-6-8-11(9)13(4)10(2)12-3/h5,7,12H,2,6,8H2,1,3-4H3. The molecule has 0 heterocycles. The number of nitrogens with zero attached hydrogens (tertiary/aromatic N) is 1. The van der Waals surface area contributed by atoms with Gasteiger partial charge in [0.15, 0.2) is 0 Å². The third kappa shape index (κ3) is 2.14. The molecule has 72 valence electrons. The van der Waals surface area contributed by atoms with Gasteiger partial charge in [-0.05, 0) is 25.3 Å². The Morgan fingerprint density at radius 3 is 2.85 bits per heavy atom. The van der Waals surface area contributed by atoms with E-state index < -0.39 is 0 Å². The van der Waals surface area contributed by atoms with Gasteiger partial charge >= 0.3 is 0 Å². The van der Waals surface area contributed by atoms with E-state index in [1.165, 1.54) is 11.3 Å². The topological polar surface area (TPSA) is 15.3 Å². The number of nitrogens with one attached hydrogen (secondary N) is 1. The summed E-state index contributed by atoms with van der Waals surface area (Å²) in [7, 11) is 3.95. The molecule has 13 heavy (non-hydrogen) atoms. The largest absolute Gasteiger partial charge is 0.375 e. The SMILES string of the molecule is C=C(NC)N(C)C1=C(C)C=CCC1. The molecule has 0 saturated heterocycles. The lowest BCUT2D eigenvalue weighted by molar-refractivity contribution is 0.459. The van der Waals surface area contributed by atoms with Crippen LogP contribution >= 0.6 is 0 Å². The van der Waals surface area contributed by atoms with Crippen LogP contribution in [-0.2, 0) is 0 Å². The van der Waals surface area contributed by atoms with Crippen LogP contribution in [0.15, 0.2) is 35.8 Å². The Hall–Kier alpha value is -1.18. The quantitative estimate of drug-likeness (QED) is 0.713. The van der Waals surface area contributed by atoms with Crippen LogP contribution < -0.4 is 5.32 Å². The van der Waals surface area contributed by atoms with Gasteiger partial charge in [-0.3, -0.25) is 0 Å². The third-order valence-electron chi connectivity index (χ3n) is 2.47. The first-order valence-corrected chi connectivity index (χ1v) is 4.63. The van der Waals surface area contributed by atoms with Gasteiger partial charge < -0.3 is 10.2 Å². The molecule has 0 unspecified atom stereocenters. The molecule has 1 aliphatic rings. The Labute approximate surface area is 80.6 Å². The maximum Gasteiger partial charge on any atom is 0.0976 e. The van der Waals surface area contributed by atoms with Crippen molar-refractivity contribution in [2.75, 3.05) is 14.1 Å². The van der Waals surface area contributed by atoms with Gasteiger partial charge in [0, 0.05) is 19.8 Å². The van der Waals surface area contributed by atoms with Gasteiger partial charge in [-0.1, -0.05) is 18.7 Å². The second-order valence-electron chi connectivity index (χ2n) is 3.33. The second kappa shape index (κ2) is 4.17. The highest BCUT2D eigenvalue weighted by atomic mass is 15.2. The molecular formula is C11H18N2. The summed E-state index contributed by atoms with van der Waals surface area (Å²) < 4.78 is 0. The van der Waals surface area contributed by atoms with Crippen molar-refractivity contribution in [1.82, 2.24) is 10.2 Å². The van der Waals surface area contributed by atoms with Gasteiger partial charge in [0.25, 0.3) is 0 Å². The molecule has 0 aliphatic heterocycles. The van der Waals surface area contributed by atoms with Crippen molar-refractivity contribution in [2.45, 2.75) is 19.8 Å². The molecule has 0 atom stereocenters. The molecule has 2 nitrogen and oxygen atoms in total. The van der Waals surface area contributed by atoms with Crippen molar-refractivity contribution in [3.8, 4) is 0 Å². The van der Waals surface area contributed by atoms with E-state index in [1.54, 1.807) is 0 Å². The summed E-state index contributed by atoms with van der Waals surface area (Å²) in [5.74, 6) is 0.949. The third-order valence-corrected chi connectivity index (χ3v) is 2.47. The predicted octanol–water partition coefficient (Wildman–Crippen LogP) is 2.23. The minimum absolute atomic E-state index is 0.949. The molecule has 2 heteroatoms. The van der Waals surface area contributed by atoms with Crippen LogP contribution in [0.1, 0.15) is 19.8 Å². The highest BCUT2D eigenvalue weighted by Crippen LogP contribution is 2.22. The molecule has 1 N–H and O–H groups in total. The number of hydrogen-bond donors (Lipinski definition) is 1. The molecule has 0 fully saturated rings. The lowest BCUT2D eigenvalue weighted by Gasteiger charge is -2.27. The van der Waals surface area contributed by atoms with E-state index in [-0.39, 0.29) is 0 Å². The van der Waals surface area contributed by atoms with Gasteiger partial charge in [-0.15, -0.1) is 0 Å². The summed E-state index contributed by atoms with van der Waals surface area (Å²) in [6.07, 6.45) is 6.64. The van der Waals surface area contributed by atoms with Crippen LogP contribution in [0.5, 0.6) is 0 Å². The first kappa shape index (κ1) is 9.90. The summed E-state index contributed by atoms with van der Waals surface area (Å²) in [6, 6.07) is 0. The van der Waals surface area contributed by atoms with E-state index in [9.17, 15) is 0 Å². The van der Waals surface area contributed by atoms with Crippen LogP contribution in [0.4, 0.5) is 0 Å². The fraction of sp³-hybridized carbons (Fsp3) is 0.455. The minimum atomic E-state index is 0.949. The second-order valence-corrected chi connectivity index (χ2v) is 3.33. The Morgan fingerprint density at radius 1 is 1.62 bits per heavy atom. The van der Waals surface area contributed by atoms with E-state index in [1.807, 2.05) is 7.05 Å². The highest BCUT2D eigenvalue weighted by molar-refractivity contribution is 5.28. The highest BCUT2D eigenvalue weighted by Gasteiger charge is 2.10. The van der Waals surface area contributed by atoms with Gasteiger partial charge in [0.2, 0.25) is 0 Å². The Morgan fingerprint density at radius 2 is 2.31 bits per heavy atom. The zero-order valence-electron chi connectivity index (χ0n) is 8.72. The van der Waals surface area contributed by atoms with Crippen molar-refractivity contribution in [3.63, 3.8) is 0 Å². The van der Waals surface area contributed by atoms with Crippen molar-refractivity contribution in [3.05, 3.63) is 35.8 Å². The first-order valence-electron chi connectivity index (χ1n) is 4.63. The Kier molecular flexibility index (Phi) is 3.18. The van der Waals surface area contributed by atoms with E-state index in [2.05, 4.69) is 42.9 Å². The van der Waals surface area contributed by atoms with Crippen LogP contribution in [0.2, 0.25) is 0 Å². The van der Waals surface area contributed by atoms with Gasteiger partial charge in [-0.25, -0.2) is 0 Å². The molecule has 1 rings (SSSR count). The number of allylic oxidation sites excluding steroid dienone is 4. The van der Waals surface area contributed by atoms with Crippen molar-refractivity contribution < 1.29 is 0 Å². The van der Waals surface area contributed by atoms with Crippen LogP contribution in [-0.4, -0.2) is 19.0 Å². The first-order chi connectivity index (χ1) is 6.16. The molecule has 0 spiro atoms. The molecule has 0 aromatic heterocycles. The van der Waals surface area contributed by atoms with Crippen molar-refractivity contribution >= 4 is 0 Å². The fourth-order valence-electron chi connectivity index (χ4n) is 1.54. The molecule has 1 aliphatic carbocycles. The van der Waals surface area contributed by atoms with Crippen LogP contribution in [0.3, 0.4) is 0 Å². The molecular weight excluding hydrogens is 160 g/mol. The average Bonchev–Trinajstić information content (AvgIpc) is 2.16. The van der Waals surface area contributed by atoms with Crippen molar-refractivity contribution in [1.29, 1.82) is 0 Å². The number of hydrogen-bond acceptors (Lipinski definition) is 2. The molecule has 0 aromatic carbocycles.